The van der Waals surface area contributed by atoms with E-state index in [-0.39, 0.29) is 18.0 Å². The number of aromatic nitrogens is 1. The van der Waals surface area contributed by atoms with Crippen LogP contribution in [-0.4, -0.2) is 47.5 Å². The average molecular weight is 489 g/mol. The fraction of sp³-hybridized carbons (Fsp3) is 0.250. The molecule has 0 bridgehead atoms. The molecule has 7 nitrogen and oxygen atoms in total. The van der Waals surface area contributed by atoms with Crippen molar-refractivity contribution in [1.29, 1.82) is 0 Å². The normalized spacial score (nSPS) is 12.1. The Morgan fingerprint density at radius 1 is 1.08 bits per heavy atom. The third kappa shape index (κ3) is 5.95. The number of non-ortho nitro benzene ring substituents is 1. The largest absolute Gasteiger partial charge is 0.355 e. The van der Waals surface area contributed by atoms with Gasteiger partial charge in [-0.3, -0.25) is 14.9 Å². The van der Waals surface area contributed by atoms with E-state index in [4.69, 9.17) is 0 Å². The number of hydrogen-bond acceptors (Lipinski definition) is 4. The van der Waals surface area contributed by atoms with Gasteiger partial charge in [-0.2, -0.15) is 0 Å². The summed E-state index contributed by atoms with van der Waals surface area (Å²) in [6.07, 6.45) is 2.02. The molecule has 1 heterocycles. The van der Waals surface area contributed by atoms with Gasteiger partial charge < -0.3 is 14.8 Å². The highest BCUT2D eigenvalue weighted by atomic mass is 19.1. The summed E-state index contributed by atoms with van der Waals surface area (Å²) in [5.74, 6) is -1.05. The molecule has 0 aliphatic rings. The Labute approximate surface area is 209 Å². The first-order chi connectivity index (χ1) is 17.3. The molecular formula is C28H29FN4O3. The summed E-state index contributed by atoms with van der Waals surface area (Å²) in [5, 5.41) is 15.2. The highest BCUT2D eigenvalue weighted by Crippen LogP contribution is 2.37. The number of benzene rings is 3. The summed E-state index contributed by atoms with van der Waals surface area (Å²) in [4.78, 5) is 26.1. The van der Waals surface area contributed by atoms with E-state index in [1.165, 1.54) is 18.2 Å². The molecule has 186 valence electrons. The van der Waals surface area contributed by atoms with Crippen LogP contribution in [0, 0.1) is 15.9 Å². The Hall–Kier alpha value is -4.04. The molecule has 3 aromatic carbocycles. The van der Waals surface area contributed by atoms with E-state index in [9.17, 15) is 19.3 Å². The van der Waals surface area contributed by atoms with Gasteiger partial charge in [0.1, 0.15) is 5.82 Å². The van der Waals surface area contributed by atoms with Gasteiger partial charge in [0.25, 0.3) is 5.69 Å². The van der Waals surface area contributed by atoms with Gasteiger partial charge in [0.2, 0.25) is 5.91 Å². The molecule has 1 unspecified atom stereocenters. The number of hydrogen-bond donors (Lipinski definition) is 1. The lowest BCUT2D eigenvalue weighted by Crippen LogP contribution is -2.32. The van der Waals surface area contributed by atoms with Gasteiger partial charge in [-0.05, 0) is 49.0 Å². The Kier molecular flexibility index (Phi) is 7.75. The first kappa shape index (κ1) is 25.1. The minimum atomic E-state index is -0.485. The minimum absolute atomic E-state index is 0.0327. The molecule has 0 aliphatic carbocycles. The van der Waals surface area contributed by atoms with E-state index in [1.54, 1.807) is 24.3 Å². The number of nitrogens with zero attached hydrogens (tertiary/aromatic N) is 3. The van der Waals surface area contributed by atoms with Gasteiger partial charge in [-0.15, -0.1) is 0 Å². The van der Waals surface area contributed by atoms with Crippen LogP contribution in [0.3, 0.4) is 0 Å². The fourth-order valence-corrected chi connectivity index (χ4v) is 4.42. The lowest BCUT2D eigenvalue weighted by molar-refractivity contribution is -0.384. The first-order valence-corrected chi connectivity index (χ1v) is 11.8. The maximum Gasteiger partial charge on any atom is 0.270 e. The Morgan fingerprint density at radius 2 is 1.86 bits per heavy atom. The smallest absolute Gasteiger partial charge is 0.270 e. The van der Waals surface area contributed by atoms with Crippen molar-refractivity contribution >= 4 is 22.5 Å². The minimum Gasteiger partial charge on any atom is -0.355 e. The topological polar surface area (TPSA) is 80.4 Å². The van der Waals surface area contributed by atoms with Crippen molar-refractivity contribution in [2.75, 3.05) is 27.2 Å². The van der Waals surface area contributed by atoms with Crippen LogP contribution < -0.4 is 5.32 Å². The lowest BCUT2D eigenvalue weighted by Gasteiger charge is -2.18. The second kappa shape index (κ2) is 11.1. The molecule has 8 heteroatoms. The molecule has 0 aliphatic heterocycles. The zero-order valence-electron chi connectivity index (χ0n) is 20.4. The molecule has 36 heavy (non-hydrogen) atoms. The maximum absolute atomic E-state index is 14.2. The number of halogens is 1. The summed E-state index contributed by atoms with van der Waals surface area (Å²) >= 11 is 0. The summed E-state index contributed by atoms with van der Waals surface area (Å²) < 4.78 is 16.3. The Bertz CT molecular complexity index is 1370. The number of rotatable bonds is 10. The van der Waals surface area contributed by atoms with Gasteiger partial charge in [0.05, 0.1) is 4.92 Å². The monoisotopic (exact) mass is 488 g/mol. The summed E-state index contributed by atoms with van der Waals surface area (Å²) in [7, 11) is 3.85. The highest BCUT2D eigenvalue weighted by molar-refractivity contribution is 5.88. The third-order valence-corrected chi connectivity index (χ3v) is 6.20. The molecule has 0 saturated heterocycles. The highest BCUT2D eigenvalue weighted by Gasteiger charge is 2.24. The zero-order chi connectivity index (χ0) is 25.7. The number of carbonyl (C=O) groups is 1. The van der Waals surface area contributed by atoms with Crippen molar-refractivity contribution in [1.82, 2.24) is 14.8 Å². The zero-order valence-corrected chi connectivity index (χ0v) is 20.4. The summed E-state index contributed by atoms with van der Waals surface area (Å²) in [6, 6.07) is 20.9. The van der Waals surface area contributed by atoms with Crippen molar-refractivity contribution < 1.29 is 14.1 Å². The first-order valence-electron chi connectivity index (χ1n) is 11.8. The number of likely N-dealkylation sites (N-methyl/N-ethyl adjacent to an activating group) is 1. The third-order valence-electron chi connectivity index (χ3n) is 6.20. The summed E-state index contributed by atoms with van der Waals surface area (Å²) in [6.45, 7) is 1.74. The van der Waals surface area contributed by atoms with Crippen LogP contribution in [0.1, 0.15) is 29.0 Å². The number of fused-ring (bicyclic) bond motifs is 1. The van der Waals surface area contributed by atoms with Crippen LogP contribution in [0.15, 0.2) is 79.0 Å². The molecule has 0 spiro atoms. The molecule has 0 fully saturated rings. The van der Waals surface area contributed by atoms with Crippen LogP contribution in [0.4, 0.5) is 10.1 Å². The molecule has 0 saturated carbocycles. The Morgan fingerprint density at radius 3 is 2.56 bits per heavy atom. The Balaban J connectivity index is 1.80. The van der Waals surface area contributed by atoms with E-state index in [2.05, 4.69) is 5.32 Å². The van der Waals surface area contributed by atoms with E-state index in [1.807, 2.05) is 60.1 Å². The van der Waals surface area contributed by atoms with Crippen LogP contribution in [0.2, 0.25) is 0 Å². The molecule has 1 atom stereocenters. The number of nitrogens with one attached hydrogen (secondary N) is 1. The van der Waals surface area contributed by atoms with E-state index in [0.717, 1.165) is 16.6 Å². The molecule has 1 aromatic heterocycles. The van der Waals surface area contributed by atoms with Gasteiger partial charge in [-0.1, -0.05) is 42.5 Å². The second-order valence-corrected chi connectivity index (χ2v) is 9.12. The second-order valence-electron chi connectivity index (χ2n) is 9.12. The van der Waals surface area contributed by atoms with Crippen LogP contribution in [0.5, 0.6) is 0 Å². The predicted molar refractivity (Wildman–Crippen MR) is 139 cm³/mol. The van der Waals surface area contributed by atoms with Crippen molar-refractivity contribution in [3.8, 4) is 0 Å². The number of carbonyl (C=O) groups excluding carboxylic acids is 1. The van der Waals surface area contributed by atoms with Gasteiger partial charge in [0, 0.05) is 61.2 Å². The SMILES string of the molecule is CN(C)CCNC(=O)CC(c1cccc(F)c1)c1cn(Cc2ccccc2)c2ccc([N+](=O)[O-])cc12. The molecule has 4 rings (SSSR count). The number of amides is 1. The van der Waals surface area contributed by atoms with E-state index >= 15 is 0 Å². The van der Waals surface area contributed by atoms with Crippen molar-refractivity contribution in [3.63, 3.8) is 0 Å². The van der Waals surface area contributed by atoms with Gasteiger partial charge in [0.15, 0.2) is 0 Å². The van der Waals surface area contributed by atoms with E-state index in [0.29, 0.717) is 30.6 Å². The van der Waals surface area contributed by atoms with Gasteiger partial charge >= 0.3 is 0 Å². The quantitative estimate of drug-likeness (QED) is 0.253. The number of nitro groups is 1. The van der Waals surface area contributed by atoms with Crippen LogP contribution >= 0.6 is 0 Å². The van der Waals surface area contributed by atoms with Crippen LogP contribution in [0.25, 0.3) is 10.9 Å². The maximum atomic E-state index is 14.2. The molecule has 1 N–H and O–H groups in total. The average Bonchev–Trinajstić information content (AvgIpc) is 3.20. The van der Waals surface area contributed by atoms with Crippen molar-refractivity contribution in [3.05, 3.63) is 112 Å². The number of nitro benzene ring substituents is 1. The fourth-order valence-electron chi connectivity index (χ4n) is 4.42. The summed E-state index contributed by atoms with van der Waals surface area (Å²) in [5.41, 5.74) is 3.24. The molecule has 0 radical (unpaired) electrons. The van der Waals surface area contributed by atoms with Crippen molar-refractivity contribution in [2.45, 2.75) is 18.9 Å². The molecule has 1 amide bonds. The molecule has 4 aromatic rings. The van der Waals surface area contributed by atoms with E-state index < -0.39 is 16.7 Å². The van der Waals surface area contributed by atoms with Gasteiger partial charge in [-0.25, -0.2) is 4.39 Å². The van der Waals surface area contributed by atoms with Crippen molar-refractivity contribution in [2.24, 2.45) is 0 Å². The molecular weight excluding hydrogens is 459 g/mol. The van der Waals surface area contributed by atoms with Crippen LogP contribution in [-0.2, 0) is 11.3 Å². The predicted octanol–water partition coefficient (Wildman–Crippen LogP) is 4.94. The standard InChI is InChI=1S/C28H29FN4O3/c1-31(2)14-13-30-28(34)17-24(21-9-6-10-22(29)15-21)26-19-32(18-20-7-4-3-5-8-20)27-12-11-23(33(35)36)16-25(26)27/h3-12,15-16,19,24H,13-14,17-18H2,1-2H3,(H,30,34). The lowest BCUT2D eigenvalue weighted by atomic mass is 9.88.